The summed E-state index contributed by atoms with van der Waals surface area (Å²) in [6, 6.07) is 14.7. The molecule has 146 valence electrons. The highest BCUT2D eigenvalue weighted by molar-refractivity contribution is 7.99. The van der Waals surface area contributed by atoms with Gasteiger partial charge in [0.05, 0.1) is 17.4 Å². The predicted molar refractivity (Wildman–Crippen MR) is 109 cm³/mol. The number of aromatic carboxylic acids is 1. The van der Waals surface area contributed by atoms with Gasteiger partial charge in [0.25, 0.3) is 0 Å². The van der Waals surface area contributed by atoms with Gasteiger partial charge in [0, 0.05) is 17.9 Å². The van der Waals surface area contributed by atoms with E-state index in [9.17, 15) is 9.90 Å². The second kappa shape index (κ2) is 7.88. The van der Waals surface area contributed by atoms with Crippen LogP contribution in [0.25, 0.3) is 16.9 Å². The van der Waals surface area contributed by atoms with Gasteiger partial charge in [0.1, 0.15) is 12.0 Å². The minimum atomic E-state index is -0.971. The molecular formula is C20H18N6O2S. The third kappa shape index (κ3) is 4.04. The first-order valence-corrected chi connectivity index (χ1v) is 9.76. The molecule has 0 aliphatic heterocycles. The van der Waals surface area contributed by atoms with Gasteiger partial charge in [-0.25, -0.2) is 9.48 Å². The number of benzene rings is 2. The van der Waals surface area contributed by atoms with Crippen molar-refractivity contribution in [3.63, 3.8) is 0 Å². The largest absolute Gasteiger partial charge is 0.478 e. The summed E-state index contributed by atoms with van der Waals surface area (Å²) in [5.74, 6) is -0.971. The Kier molecular flexibility index (Phi) is 5.13. The first-order valence-electron chi connectivity index (χ1n) is 8.88. The summed E-state index contributed by atoms with van der Waals surface area (Å²) in [6.45, 7) is 2.11. The van der Waals surface area contributed by atoms with Crippen LogP contribution in [0.5, 0.6) is 0 Å². The Labute approximate surface area is 171 Å². The highest BCUT2D eigenvalue weighted by Gasteiger charge is 2.13. The van der Waals surface area contributed by atoms with E-state index in [0.29, 0.717) is 11.3 Å². The van der Waals surface area contributed by atoms with Gasteiger partial charge in [-0.15, -0.1) is 15.3 Å². The molecule has 8 nitrogen and oxygen atoms in total. The zero-order chi connectivity index (χ0) is 20.4. The molecule has 4 aromatic rings. The van der Waals surface area contributed by atoms with Crippen molar-refractivity contribution in [3.8, 4) is 16.9 Å². The van der Waals surface area contributed by atoms with E-state index in [-0.39, 0.29) is 10.8 Å². The van der Waals surface area contributed by atoms with Crippen LogP contribution in [0.2, 0.25) is 0 Å². The third-order valence-corrected chi connectivity index (χ3v) is 5.66. The van der Waals surface area contributed by atoms with Crippen molar-refractivity contribution in [3.05, 3.63) is 72.2 Å². The minimum absolute atomic E-state index is 0.174. The molecule has 2 aromatic carbocycles. The van der Waals surface area contributed by atoms with Crippen molar-refractivity contribution in [1.29, 1.82) is 0 Å². The number of thioether (sulfide) groups is 1. The van der Waals surface area contributed by atoms with E-state index in [1.807, 2.05) is 29.8 Å². The Balaban J connectivity index is 1.58. The van der Waals surface area contributed by atoms with Crippen molar-refractivity contribution in [2.45, 2.75) is 17.3 Å². The Hall–Kier alpha value is -3.46. The maximum atomic E-state index is 11.2. The standard InChI is InChI=1S/C20H18N6O2S/c1-13(29-20-23-21-12-25(20)2)14-5-4-8-17(10-14)26-11-18(22-24-26)15-6-3-7-16(9-15)19(27)28/h3-13H,1-2H3,(H,27,28). The summed E-state index contributed by atoms with van der Waals surface area (Å²) in [5, 5.41) is 26.7. The molecule has 0 aliphatic carbocycles. The number of hydrogen-bond donors (Lipinski definition) is 1. The van der Waals surface area contributed by atoms with E-state index in [1.54, 1.807) is 47.2 Å². The molecule has 4 rings (SSSR count). The minimum Gasteiger partial charge on any atom is -0.478 e. The van der Waals surface area contributed by atoms with Crippen molar-refractivity contribution in [2.24, 2.45) is 7.05 Å². The normalized spacial score (nSPS) is 12.1. The average molecular weight is 406 g/mol. The first kappa shape index (κ1) is 18.9. The van der Waals surface area contributed by atoms with E-state index in [4.69, 9.17) is 0 Å². The van der Waals surface area contributed by atoms with Crippen LogP contribution in [0.4, 0.5) is 0 Å². The van der Waals surface area contributed by atoms with Gasteiger partial charge in [-0.1, -0.05) is 41.2 Å². The number of nitrogens with zero attached hydrogens (tertiary/aromatic N) is 6. The van der Waals surface area contributed by atoms with E-state index in [0.717, 1.165) is 16.4 Å². The third-order valence-electron chi connectivity index (χ3n) is 4.45. The van der Waals surface area contributed by atoms with Crippen LogP contribution in [0.3, 0.4) is 0 Å². The lowest BCUT2D eigenvalue weighted by atomic mass is 10.1. The fourth-order valence-electron chi connectivity index (χ4n) is 2.86. The van der Waals surface area contributed by atoms with E-state index < -0.39 is 5.97 Å². The van der Waals surface area contributed by atoms with Crippen LogP contribution in [0, 0.1) is 0 Å². The number of aromatic nitrogens is 6. The molecule has 29 heavy (non-hydrogen) atoms. The number of hydrogen-bond acceptors (Lipinski definition) is 6. The highest BCUT2D eigenvalue weighted by Crippen LogP contribution is 2.33. The van der Waals surface area contributed by atoms with Crippen molar-refractivity contribution in [1.82, 2.24) is 29.8 Å². The van der Waals surface area contributed by atoms with Crippen LogP contribution in [-0.4, -0.2) is 40.8 Å². The van der Waals surface area contributed by atoms with Gasteiger partial charge in [-0.3, -0.25) is 0 Å². The molecule has 0 radical (unpaired) electrons. The van der Waals surface area contributed by atoms with Crippen molar-refractivity contribution >= 4 is 17.7 Å². The number of carbonyl (C=O) groups is 1. The number of carboxylic acids is 1. The molecular weight excluding hydrogens is 388 g/mol. The zero-order valence-electron chi connectivity index (χ0n) is 15.8. The van der Waals surface area contributed by atoms with Crippen molar-refractivity contribution < 1.29 is 9.90 Å². The smallest absolute Gasteiger partial charge is 0.335 e. The predicted octanol–water partition coefficient (Wildman–Crippen LogP) is 3.61. The fourth-order valence-corrected chi connectivity index (χ4v) is 3.77. The Morgan fingerprint density at radius 2 is 1.97 bits per heavy atom. The molecule has 0 aliphatic rings. The summed E-state index contributed by atoms with van der Waals surface area (Å²) in [6.07, 6.45) is 3.47. The summed E-state index contributed by atoms with van der Waals surface area (Å²) in [5.41, 5.74) is 3.54. The Bertz CT molecular complexity index is 1170. The molecule has 0 spiro atoms. The molecule has 1 atom stereocenters. The van der Waals surface area contributed by atoms with Gasteiger partial charge in [0.15, 0.2) is 5.16 Å². The Morgan fingerprint density at radius 3 is 2.72 bits per heavy atom. The van der Waals surface area contributed by atoms with Crippen LogP contribution in [-0.2, 0) is 7.05 Å². The maximum Gasteiger partial charge on any atom is 0.335 e. The summed E-state index contributed by atoms with van der Waals surface area (Å²) >= 11 is 1.63. The molecule has 0 saturated heterocycles. The first-order chi connectivity index (χ1) is 14.0. The van der Waals surface area contributed by atoms with E-state index >= 15 is 0 Å². The molecule has 1 unspecified atom stereocenters. The molecule has 1 N–H and O–H groups in total. The highest BCUT2D eigenvalue weighted by atomic mass is 32.2. The van der Waals surface area contributed by atoms with Crippen molar-refractivity contribution in [2.75, 3.05) is 0 Å². The molecule has 2 aromatic heterocycles. The summed E-state index contributed by atoms with van der Waals surface area (Å²) in [4.78, 5) is 11.2. The zero-order valence-corrected chi connectivity index (χ0v) is 16.6. The topological polar surface area (TPSA) is 98.7 Å². The molecule has 0 fully saturated rings. The summed E-state index contributed by atoms with van der Waals surface area (Å²) in [7, 11) is 1.92. The second-order valence-corrected chi connectivity index (χ2v) is 7.82. The molecule has 0 saturated carbocycles. The lowest BCUT2D eigenvalue weighted by Gasteiger charge is -2.12. The average Bonchev–Trinajstić information content (AvgIpc) is 3.38. The Morgan fingerprint density at radius 1 is 1.14 bits per heavy atom. The van der Waals surface area contributed by atoms with Crippen LogP contribution >= 0.6 is 11.8 Å². The SMILES string of the molecule is CC(Sc1nncn1C)c1cccc(-n2cc(-c3cccc(C(=O)O)c3)nn2)c1. The number of carboxylic acid groups (broad SMARTS) is 1. The fraction of sp³-hybridized carbons (Fsp3) is 0.150. The van der Waals surface area contributed by atoms with Crippen LogP contribution in [0.1, 0.15) is 28.1 Å². The quantitative estimate of drug-likeness (QED) is 0.488. The monoisotopic (exact) mass is 406 g/mol. The van der Waals surface area contributed by atoms with Gasteiger partial charge in [-0.05, 0) is 36.8 Å². The van der Waals surface area contributed by atoms with Crippen LogP contribution < -0.4 is 0 Å². The molecule has 0 amide bonds. The lowest BCUT2D eigenvalue weighted by molar-refractivity contribution is 0.0697. The van der Waals surface area contributed by atoms with Gasteiger partial charge < -0.3 is 9.67 Å². The van der Waals surface area contributed by atoms with Crippen LogP contribution in [0.15, 0.2) is 66.2 Å². The molecule has 2 heterocycles. The summed E-state index contributed by atoms with van der Waals surface area (Å²) < 4.78 is 3.58. The molecule has 9 heteroatoms. The number of rotatable bonds is 6. The number of aryl methyl sites for hydroxylation is 1. The van der Waals surface area contributed by atoms with E-state index in [2.05, 4.69) is 39.6 Å². The second-order valence-electron chi connectivity index (χ2n) is 6.51. The van der Waals surface area contributed by atoms with Gasteiger partial charge >= 0.3 is 5.97 Å². The van der Waals surface area contributed by atoms with E-state index in [1.165, 1.54) is 0 Å². The van der Waals surface area contributed by atoms with Gasteiger partial charge in [0.2, 0.25) is 0 Å². The maximum absolute atomic E-state index is 11.2. The lowest BCUT2D eigenvalue weighted by Crippen LogP contribution is -1.98. The van der Waals surface area contributed by atoms with Gasteiger partial charge in [-0.2, -0.15) is 0 Å². The molecule has 0 bridgehead atoms.